The van der Waals surface area contributed by atoms with Gasteiger partial charge in [-0.25, -0.2) is 5.43 Å². The van der Waals surface area contributed by atoms with E-state index >= 15 is 0 Å². The Balaban J connectivity index is 1.69. The number of aromatic nitrogens is 2. The number of hydrogen-bond donors (Lipinski definition) is 2. The van der Waals surface area contributed by atoms with E-state index in [2.05, 4.69) is 20.7 Å². The summed E-state index contributed by atoms with van der Waals surface area (Å²) in [6.07, 6.45) is 1.60. The van der Waals surface area contributed by atoms with Gasteiger partial charge in [0.1, 0.15) is 11.4 Å². The SMILES string of the molecule is CCOc1ccccc1-c1cc(C(=O)N/N=C\c2ccc(C)cc2)[nH]n1. The molecule has 0 atom stereocenters. The highest BCUT2D eigenvalue weighted by Crippen LogP contribution is 2.28. The van der Waals surface area contributed by atoms with Crippen LogP contribution in [0.3, 0.4) is 0 Å². The fourth-order valence-corrected chi connectivity index (χ4v) is 2.41. The van der Waals surface area contributed by atoms with Crippen LogP contribution in [0.4, 0.5) is 0 Å². The van der Waals surface area contributed by atoms with Gasteiger partial charge < -0.3 is 4.74 Å². The molecule has 0 radical (unpaired) electrons. The van der Waals surface area contributed by atoms with Gasteiger partial charge in [-0.3, -0.25) is 9.89 Å². The number of benzene rings is 2. The zero-order valence-corrected chi connectivity index (χ0v) is 14.7. The number of nitrogens with one attached hydrogen (secondary N) is 2. The Morgan fingerprint density at radius 2 is 2.00 bits per heavy atom. The lowest BCUT2D eigenvalue weighted by Crippen LogP contribution is -2.17. The van der Waals surface area contributed by atoms with Crippen molar-refractivity contribution in [2.24, 2.45) is 5.10 Å². The number of ether oxygens (including phenoxy) is 1. The minimum atomic E-state index is -0.360. The molecule has 0 bridgehead atoms. The molecule has 6 nitrogen and oxygen atoms in total. The van der Waals surface area contributed by atoms with E-state index in [0.717, 1.165) is 16.9 Å². The Bertz CT molecular complexity index is 914. The van der Waals surface area contributed by atoms with E-state index in [1.165, 1.54) is 5.56 Å². The van der Waals surface area contributed by atoms with Gasteiger partial charge in [0, 0.05) is 5.56 Å². The van der Waals surface area contributed by atoms with Crippen molar-refractivity contribution in [2.45, 2.75) is 13.8 Å². The fourth-order valence-electron chi connectivity index (χ4n) is 2.41. The fraction of sp³-hybridized carbons (Fsp3) is 0.150. The molecule has 0 unspecified atom stereocenters. The third kappa shape index (κ3) is 4.16. The number of amides is 1. The maximum Gasteiger partial charge on any atom is 0.289 e. The average molecular weight is 348 g/mol. The first-order valence-electron chi connectivity index (χ1n) is 8.35. The van der Waals surface area contributed by atoms with E-state index < -0.39 is 0 Å². The predicted molar refractivity (Wildman–Crippen MR) is 101 cm³/mol. The molecule has 26 heavy (non-hydrogen) atoms. The van der Waals surface area contributed by atoms with Crippen molar-refractivity contribution in [1.29, 1.82) is 0 Å². The zero-order chi connectivity index (χ0) is 18.4. The number of nitrogens with zero attached hydrogens (tertiary/aromatic N) is 2. The van der Waals surface area contributed by atoms with Crippen LogP contribution in [0.25, 0.3) is 11.3 Å². The van der Waals surface area contributed by atoms with Gasteiger partial charge in [-0.15, -0.1) is 0 Å². The summed E-state index contributed by atoms with van der Waals surface area (Å²) in [5.41, 5.74) is 6.37. The molecular formula is C20H20N4O2. The first-order chi connectivity index (χ1) is 12.7. The first kappa shape index (κ1) is 17.4. The molecular weight excluding hydrogens is 328 g/mol. The molecule has 1 heterocycles. The monoisotopic (exact) mass is 348 g/mol. The van der Waals surface area contributed by atoms with Gasteiger partial charge in [0.05, 0.1) is 18.5 Å². The van der Waals surface area contributed by atoms with Crippen molar-refractivity contribution in [3.63, 3.8) is 0 Å². The quantitative estimate of drug-likeness (QED) is 0.528. The lowest BCUT2D eigenvalue weighted by atomic mass is 10.1. The molecule has 0 spiro atoms. The maximum absolute atomic E-state index is 12.2. The van der Waals surface area contributed by atoms with Crippen molar-refractivity contribution >= 4 is 12.1 Å². The van der Waals surface area contributed by atoms with Crippen LogP contribution in [0.2, 0.25) is 0 Å². The Morgan fingerprint density at radius 3 is 2.77 bits per heavy atom. The molecule has 0 fully saturated rings. The number of carbonyl (C=O) groups excluding carboxylic acids is 1. The second-order valence-corrected chi connectivity index (χ2v) is 5.71. The lowest BCUT2D eigenvalue weighted by Gasteiger charge is -2.07. The van der Waals surface area contributed by atoms with Crippen LogP contribution >= 0.6 is 0 Å². The summed E-state index contributed by atoms with van der Waals surface area (Å²) < 4.78 is 5.61. The van der Waals surface area contributed by atoms with Gasteiger partial charge in [-0.2, -0.15) is 10.2 Å². The van der Waals surface area contributed by atoms with Crippen molar-refractivity contribution in [1.82, 2.24) is 15.6 Å². The highest BCUT2D eigenvalue weighted by molar-refractivity contribution is 5.94. The largest absolute Gasteiger partial charge is 0.493 e. The zero-order valence-electron chi connectivity index (χ0n) is 14.7. The van der Waals surface area contributed by atoms with E-state index in [-0.39, 0.29) is 5.91 Å². The van der Waals surface area contributed by atoms with E-state index in [0.29, 0.717) is 18.0 Å². The summed E-state index contributed by atoms with van der Waals surface area (Å²) >= 11 is 0. The predicted octanol–water partition coefficient (Wildman–Crippen LogP) is 3.55. The molecule has 2 N–H and O–H groups in total. The summed E-state index contributed by atoms with van der Waals surface area (Å²) in [6, 6.07) is 17.1. The molecule has 3 rings (SSSR count). The molecule has 0 saturated carbocycles. The number of para-hydroxylation sites is 1. The molecule has 3 aromatic rings. The molecule has 1 amide bonds. The van der Waals surface area contributed by atoms with Gasteiger partial charge in [0.2, 0.25) is 0 Å². The third-order valence-corrected chi connectivity index (χ3v) is 3.74. The molecule has 132 valence electrons. The number of aromatic amines is 1. The number of aryl methyl sites for hydroxylation is 1. The highest BCUT2D eigenvalue weighted by atomic mass is 16.5. The number of carbonyl (C=O) groups is 1. The molecule has 0 aliphatic rings. The van der Waals surface area contributed by atoms with Crippen LogP contribution in [0.15, 0.2) is 59.7 Å². The molecule has 0 aliphatic heterocycles. The smallest absolute Gasteiger partial charge is 0.289 e. The number of hydrogen-bond acceptors (Lipinski definition) is 4. The van der Waals surface area contributed by atoms with Crippen LogP contribution < -0.4 is 10.2 Å². The number of hydrazone groups is 1. The Kier molecular flexibility index (Phi) is 5.43. The topological polar surface area (TPSA) is 79.4 Å². The lowest BCUT2D eigenvalue weighted by molar-refractivity contribution is 0.0950. The van der Waals surface area contributed by atoms with Gasteiger partial charge in [0.25, 0.3) is 5.91 Å². The summed E-state index contributed by atoms with van der Waals surface area (Å²) in [4.78, 5) is 12.2. The van der Waals surface area contributed by atoms with Crippen molar-refractivity contribution < 1.29 is 9.53 Å². The summed E-state index contributed by atoms with van der Waals surface area (Å²) in [6.45, 7) is 4.50. The van der Waals surface area contributed by atoms with Crippen LogP contribution in [0.5, 0.6) is 5.75 Å². The van der Waals surface area contributed by atoms with E-state index in [4.69, 9.17) is 4.74 Å². The van der Waals surface area contributed by atoms with Crippen LogP contribution in [0, 0.1) is 6.92 Å². The summed E-state index contributed by atoms with van der Waals surface area (Å²) in [5, 5.41) is 10.9. The second-order valence-electron chi connectivity index (χ2n) is 5.71. The molecule has 2 aromatic carbocycles. The third-order valence-electron chi connectivity index (χ3n) is 3.74. The van der Waals surface area contributed by atoms with Gasteiger partial charge in [0.15, 0.2) is 0 Å². The van der Waals surface area contributed by atoms with Crippen LogP contribution in [0.1, 0.15) is 28.5 Å². The van der Waals surface area contributed by atoms with Gasteiger partial charge in [-0.05, 0) is 37.6 Å². The van der Waals surface area contributed by atoms with Crippen molar-refractivity contribution in [2.75, 3.05) is 6.61 Å². The first-order valence-corrected chi connectivity index (χ1v) is 8.35. The molecule has 0 aliphatic carbocycles. The standard InChI is InChI=1S/C20H20N4O2/c1-3-26-19-7-5-4-6-16(19)17-12-18(23-22-17)20(25)24-21-13-15-10-8-14(2)9-11-15/h4-13H,3H2,1-2H3,(H,22,23)(H,24,25)/b21-13-. The molecule has 6 heteroatoms. The van der Waals surface area contributed by atoms with Crippen molar-refractivity contribution in [3.8, 4) is 17.0 Å². The van der Waals surface area contributed by atoms with Gasteiger partial charge >= 0.3 is 0 Å². The minimum absolute atomic E-state index is 0.326. The van der Waals surface area contributed by atoms with Crippen LogP contribution in [-0.2, 0) is 0 Å². The normalized spacial score (nSPS) is 10.8. The second kappa shape index (κ2) is 8.11. The summed E-state index contributed by atoms with van der Waals surface area (Å²) in [7, 11) is 0. The summed E-state index contributed by atoms with van der Waals surface area (Å²) in [5.74, 6) is 0.367. The average Bonchev–Trinajstić information content (AvgIpc) is 3.14. The van der Waals surface area contributed by atoms with E-state index in [9.17, 15) is 4.79 Å². The number of rotatable bonds is 6. The number of H-pyrrole nitrogens is 1. The van der Waals surface area contributed by atoms with Gasteiger partial charge in [-0.1, -0.05) is 42.0 Å². The van der Waals surface area contributed by atoms with E-state index in [1.54, 1.807) is 12.3 Å². The van der Waals surface area contributed by atoms with Crippen molar-refractivity contribution in [3.05, 3.63) is 71.4 Å². The van der Waals surface area contributed by atoms with Crippen LogP contribution in [-0.4, -0.2) is 28.9 Å². The Hall–Kier alpha value is -3.41. The highest BCUT2D eigenvalue weighted by Gasteiger charge is 2.13. The Morgan fingerprint density at radius 1 is 1.23 bits per heavy atom. The maximum atomic E-state index is 12.2. The Labute approximate surface area is 151 Å². The molecule has 0 saturated heterocycles. The minimum Gasteiger partial charge on any atom is -0.493 e. The van der Waals surface area contributed by atoms with E-state index in [1.807, 2.05) is 62.4 Å². The molecule has 1 aromatic heterocycles.